The van der Waals surface area contributed by atoms with Crippen molar-refractivity contribution in [1.82, 2.24) is 0 Å². The molecule has 0 unspecified atom stereocenters. The van der Waals surface area contributed by atoms with Crippen LogP contribution in [-0.4, -0.2) is 5.91 Å². The van der Waals surface area contributed by atoms with Crippen LogP contribution >= 0.6 is 11.6 Å². The van der Waals surface area contributed by atoms with E-state index in [1.54, 1.807) is 0 Å². The van der Waals surface area contributed by atoms with E-state index in [0.717, 1.165) is 18.2 Å². The molecule has 2 aromatic carbocycles. The average molecular weight is 384 g/mol. The number of hydrogen-bond donors (Lipinski definition) is 1. The third kappa shape index (κ3) is 3.88. The molecule has 0 aliphatic carbocycles. The van der Waals surface area contributed by atoms with Gasteiger partial charge < -0.3 is 9.73 Å². The monoisotopic (exact) mass is 383 g/mol. The van der Waals surface area contributed by atoms with Crippen LogP contribution in [0.15, 0.2) is 59.0 Å². The summed E-state index contributed by atoms with van der Waals surface area (Å²) in [5.74, 6) is -1.16. The fraction of sp³-hybridized carbons (Fsp3) is 0.0556. The van der Waals surface area contributed by atoms with Gasteiger partial charge in [-0.3, -0.25) is 4.79 Å². The number of nitrogens with one attached hydrogen (secondary N) is 1. The number of amides is 1. The topological polar surface area (TPSA) is 42.2 Å². The third-order valence-corrected chi connectivity index (χ3v) is 3.77. The Morgan fingerprint density at radius 3 is 2.50 bits per heavy atom. The summed E-state index contributed by atoms with van der Waals surface area (Å²) in [6, 6.07) is 11.0. The van der Waals surface area contributed by atoms with Gasteiger partial charge in [0, 0.05) is 11.3 Å². The number of anilines is 1. The Kier molecular flexibility index (Phi) is 4.73. The van der Waals surface area contributed by atoms with E-state index in [-0.39, 0.29) is 22.2 Å². The number of halogens is 5. The van der Waals surface area contributed by atoms with Crippen molar-refractivity contribution in [3.8, 4) is 11.3 Å². The highest BCUT2D eigenvalue weighted by Gasteiger charge is 2.30. The van der Waals surface area contributed by atoms with Gasteiger partial charge in [-0.25, -0.2) is 4.39 Å². The van der Waals surface area contributed by atoms with Crippen molar-refractivity contribution in [1.29, 1.82) is 0 Å². The molecule has 0 fully saturated rings. The van der Waals surface area contributed by atoms with E-state index in [4.69, 9.17) is 16.0 Å². The summed E-state index contributed by atoms with van der Waals surface area (Å²) in [7, 11) is 0. The quantitative estimate of drug-likeness (QED) is 0.563. The zero-order valence-electron chi connectivity index (χ0n) is 12.9. The van der Waals surface area contributed by atoms with E-state index in [1.807, 2.05) is 0 Å². The molecule has 0 radical (unpaired) electrons. The van der Waals surface area contributed by atoms with Gasteiger partial charge in [0.05, 0.1) is 10.6 Å². The second kappa shape index (κ2) is 6.84. The van der Waals surface area contributed by atoms with E-state index >= 15 is 0 Å². The molecule has 0 atom stereocenters. The molecule has 0 spiro atoms. The Morgan fingerprint density at radius 2 is 1.81 bits per heavy atom. The number of furan rings is 1. The van der Waals surface area contributed by atoms with Crippen molar-refractivity contribution < 1.29 is 26.8 Å². The van der Waals surface area contributed by atoms with Gasteiger partial charge >= 0.3 is 6.18 Å². The van der Waals surface area contributed by atoms with Crippen molar-refractivity contribution in [2.45, 2.75) is 6.18 Å². The minimum absolute atomic E-state index is 0.0207. The first-order valence-corrected chi connectivity index (χ1v) is 7.66. The van der Waals surface area contributed by atoms with Gasteiger partial charge in [-0.15, -0.1) is 0 Å². The summed E-state index contributed by atoms with van der Waals surface area (Å²) >= 11 is 5.70. The average Bonchev–Trinajstić information content (AvgIpc) is 3.07. The van der Waals surface area contributed by atoms with Crippen LogP contribution in [0.3, 0.4) is 0 Å². The van der Waals surface area contributed by atoms with Crippen LogP contribution in [0.25, 0.3) is 11.3 Å². The molecular formula is C18H10ClF4NO2. The molecule has 0 saturated heterocycles. The summed E-state index contributed by atoms with van der Waals surface area (Å²) in [6.07, 6.45) is -4.51. The molecule has 0 bridgehead atoms. The molecule has 26 heavy (non-hydrogen) atoms. The maximum Gasteiger partial charge on any atom is 0.416 e. The first-order chi connectivity index (χ1) is 12.2. The lowest BCUT2D eigenvalue weighted by atomic mass is 10.2. The van der Waals surface area contributed by atoms with Crippen LogP contribution in [0, 0.1) is 5.82 Å². The molecule has 8 heteroatoms. The largest absolute Gasteiger partial charge is 0.451 e. The number of alkyl halides is 3. The van der Waals surface area contributed by atoms with Gasteiger partial charge in [0.1, 0.15) is 11.6 Å². The Balaban J connectivity index is 1.79. The Labute approximate surface area is 150 Å². The van der Waals surface area contributed by atoms with E-state index in [1.165, 1.54) is 36.4 Å². The van der Waals surface area contributed by atoms with E-state index < -0.39 is 23.5 Å². The first-order valence-electron chi connectivity index (χ1n) is 7.28. The molecule has 3 rings (SSSR count). The van der Waals surface area contributed by atoms with Crippen molar-refractivity contribution in [3.05, 3.63) is 76.8 Å². The summed E-state index contributed by atoms with van der Waals surface area (Å²) in [5, 5.41) is 2.23. The molecule has 134 valence electrons. The molecule has 1 N–H and O–H groups in total. The smallest absolute Gasteiger partial charge is 0.416 e. The molecule has 1 aromatic heterocycles. The lowest BCUT2D eigenvalue weighted by Gasteiger charge is -2.09. The van der Waals surface area contributed by atoms with Crippen LogP contribution in [0.4, 0.5) is 23.2 Å². The number of carbonyl (C=O) groups is 1. The van der Waals surface area contributed by atoms with E-state index in [2.05, 4.69) is 5.32 Å². The zero-order chi connectivity index (χ0) is 18.9. The lowest BCUT2D eigenvalue weighted by molar-refractivity contribution is -0.137. The predicted octanol–water partition coefficient (Wildman–Crippen LogP) is 6.01. The summed E-state index contributed by atoms with van der Waals surface area (Å²) in [6.45, 7) is 0. The van der Waals surface area contributed by atoms with Gasteiger partial charge in [0.15, 0.2) is 5.76 Å². The normalized spacial score (nSPS) is 11.4. The SMILES string of the molecule is O=C(Nc1cccc(C(F)(F)F)c1)c1ccc(-c2ccc(F)c(Cl)c2)o1. The molecule has 3 aromatic rings. The maximum atomic E-state index is 13.2. The predicted molar refractivity (Wildman–Crippen MR) is 88.5 cm³/mol. The Bertz CT molecular complexity index is 966. The first kappa shape index (κ1) is 18.0. The fourth-order valence-electron chi connectivity index (χ4n) is 2.23. The standard InChI is InChI=1S/C18H10ClF4NO2/c19-13-8-10(4-5-14(13)20)15-6-7-16(26-15)17(25)24-12-3-1-2-11(9-12)18(21,22)23/h1-9H,(H,24,25). The summed E-state index contributed by atoms with van der Waals surface area (Å²) in [5.41, 5.74) is -0.446. The van der Waals surface area contributed by atoms with Crippen LogP contribution < -0.4 is 5.32 Å². The van der Waals surface area contributed by atoms with Gasteiger partial charge in [-0.1, -0.05) is 17.7 Å². The number of hydrogen-bond acceptors (Lipinski definition) is 2. The minimum atomic E-state index is -4.51. The minimum Gasteiger partial charge on any atom is -0.451 e. The zero-order valence-corrected chi connectivity index (χ0v) is 13.7. The highest BCUT2D eigenvalue weighted by molar-refractivity contribution is 6.31. The Morgan fingerprint density at radius 1 is 1.04 bits per heavy atom. The highest BCUT2D eigenvalue weighted by Crippen LogP contribution is 2.31. The molecule has 0 saturated carbocycles. The molecule has 3 nitrogen and oxygen atoms in total. The number of rotatable bonds is 3. The maximum absolute atomic E-state index is 13.2. The van der Waals surface area contributed by atoms with Crippen LogP contribution in [0.1, 0.15) is 16.1 Å². The van der Waals surface area contributed by atoms with Crippen molar-refractivity contribution in [2.24, 2.45) is 0 Å². The van der Waals surface area contributed by atoms with Crippen LogP contribution in [-0.2, 0) is 6.18 Å². The van der Waals surface area contributed by atoms with Crippen molar-refractivity contribution >= 4 is 23.2 Å². The van der Waals surface area contributed by atoms with Gasteiger partial charge in [0.2, 0.25) is 0 Å². The third-order valence-electron chi connectivity index (χ3n) is 3.48. The van der Waals surface area contributed by atoms with Gasteiger partial charge in [-0.2, -0.15) is 13.2 Å². The second-order valence-electron chi connectivity index (χ2n) is 5.33. The molecule has 1 amide bonds. The Hall–Kier alpha value is -2.80. The van der Waals surface area contributed by atoms with Crippen molar-refractivity contribution in [2.75, 3.05) is 5.32 Å². The number of benzene rings is 2. The summed E-state index contributed by atoms with van der Waals surface area (Å²) in [4.78, 5) is 12.2. The van der Waals surface area contributed by atoms with E-state index in [9.17, 15) is 22.4 Å². The van der Waals surface area contributed by atoms with Crippen molar-refractivity contribution in [3.63, 3.8) is 0 Å². The van der Waals surface area contributed by atoms with Gasteiger partial charge in [0.25, 0.3) is 5.91 Å². The van der Waals surface area contributed by atoms with Crippen LogP contribution in [0.2, 0.25) is 5.02 Å². The molecule has 0 aliphatic heterocycles. The second-order valence-corrected chi connectivity index (χ2v) is 5.73. The summed E-state index contributed by atoms with van der Waals surface area (Å²) < 4.78 is 56.7. The molecular weight excluding hydrogens is 374 g/mol. The highest BCUT2D eigenvalue weighted by atomic mass is 35.5. The van der Waals surface area contributed by atoms with Gasteiger partial charge in [-0.05, 0) is 48.5 Å². The fourth-order valence-corrected chi connectivity index (χ4v) is 2.41. The van der Waals surface area contributed by atoms with E-state index in [0.29, 0.717) is 5.56 Å². The molecule has 0 aliphatic rings. The lowest BCUT2D eigenvalue weighted by Crippen LogP contribution is -2.12. The molecule has 1 heterocycles. The van der Waals surface area contributed by atoms with Crippen LogP contribution in [0.5, 0.6) is 0 Å². The number of carbonyl (C=O) groups excluding carboxylic acids is 1.